The van der Waals surface area contributed by atoms with Crippen LogP contribution in [-0.2, 0) is 11.3 Å². The Hall–Kier alpha value is -2.89. The van der Waals surface area contributed by atoms with Crippen LogP contribution in [0.1, 0.15) is 17.3 Å². The minimum atomic E-state index is -0.229. The van der Waals surface area contributed by atoms with Crippen molar-refractivity contribution in [3.63, 3.8) is 0 Å². The van der Waals surface area contributed by atoms with Gasteiger partial charge in [0, 0.05) is 24.4 Å². The summed E-state index contributed by atoms with van der Waals surface area (Å²) in [6.45, 7) is 2.34. The molecule has 0 saturated heterocycles. The molecule has 3 rings (SSSR count). The predicted octanol–water partition coefficient (Wildman–Crippen LogP) is 1.48. The Bertz CT molecular complexity index is 825. The smallest absolute Gasteiger partial charge is 0.265 e. The number of benzene rings is 1. The van der Waals surface area contributed by atoms with Gasteiger partial charge in [-0.05, 0) is 31.2 Å². The Morgan fingerprint density at radius 3 is 2.78 bits per heavy atom. The molecule has 1 aromatic carbocycles. The Morgan fingerprint density at radius 1 is 1.22 bits per heavy atom. The highest BCUT2D eigenvalue weighted by Crippen LogP contribution is 2.32. The first kappa shape index (κ1) is 15.0. The number of ketones is 1. The average molecular weight is 312 g/mol. The molecule has 1 aliphatic heterocycles. The van der Waals surface area contributed by atoms with E-state index in [1.54, 1.807) is 41.4 Å². The minimum Gasteiger partial charge on any atom is -0.482 e. The Morgan fingerprint density at radius 2 is 2.04 bits per heavy atom. The number of nitrogens with zero attached hydrogens (tertiary/aromatic N) is 2. The molecule has 6 nitrogen and oxygen atoms in total. The fourth-order valence-corrected chi connectivity index (χ4v) is 2.56. The molecule has 0 radical (unpaired) electrons. The van der Waals surface area contributed by atoms with Gasteiger partial charge in [0.1, 0.15) is 5.75 Å². The number of aromatic nitrogens is 1. The van der Waals surface area contributed by atoms with Gasteiger partial charge in [-0.25, -0.2) is 0 Å². The van der Waals surface area contributed by atoms with Crippen LogP contribution in [0.15, 0.2) is 47.4 Å². The van der Waals surface area contributed by atoms with Gasteiger partial charge in [0.15, 0.2) is 12.4 Å². The van der Waals surface area contributed by atoms with E-state index in [9.17, 15) is 14.4 Å². The van der Waals surface area contributed by atoms with Crippen LogP contribution in [0, 0.1) is 0 Å². The lowest BCUT2D eigenvalue weighted by Crippen LogP contribution is -2.38. The number of Topliss-reactive ketones (excluding diaryl/α,β-unsaturated/α-hetero) is 1. The zero-order valence-corrected chi connectivity index (χ0v) is 12.7. The summed E-state index contributed by atoms with van der Waals surface area (Å²) in [5.74, 6) is 0.249. The maximum Gasteiger partial charge on any atom is 0.265 e. The van der Waals surface area contributed by atoms with Crippen molar-refractivity contribution >= 4 is 17.4 Å². The quantitative estimate of drug-likeness (QED) is 0.802. The van der Waals surface area contributed by atoms with E-state index in [1.165, 1.54) is 10.6 Å². The number of pyridine rings is 1. The molecule has 2 heterocycles. The van der Waals surface area contributed by atoms with E-state index in [0.29, 0.717) is 23.5 Å². The summed E-state index contributed by atoms with van der Waals surface area (Å²) in [5, 5.41) is 0. The monoisotopic (exact) mass is 312 g/mol. The number of rotatable bonds is 4. The predicted molar refractivity (Wildman–Crippen MR) is 85.0 cm³/mol. The van der Waals surface area contributed by atoms with Crippen LogP contribution in [0.2, 0.25) is 0 Å². The van der Waals surface area contributed by atoms with Crippen molar-refractivity contribution in [2.24, 2.45) is 0 Å². The van der Waals surface area contributed by atoms with E-state index in [1.807, 2.05) is 6.92 Å². The molecule has 0 spiro atoms. The van der Waals surface area contributed by atoms with Gasteiger partial charge < -0.3 is 14.2 Å². The normalized spacial score (nSPS) is 13.4. The van der Waals surface area contributed by atoms with Crippen molar-refractivity contribution < 1.29 is 14.3 Å². The third-order valence-corrected chi connectivity index (χ3v) is 3.75. The second-order valence-corrected chi connectivity index (χ2v) is 5.20. The molecule has 0 fully saturated rings. The molecule has 0 atom stereocenters. The molecule has 1 aliphatic rings. The summed E-state index contributed by atoms with van der Waals surface area (Å²) in [4.78, 5) is 37.6. The van der Waals surface area contributed by atoms with Crippen molar-refractivity contribution in [2.75, 3.05) is 18.1 Å². The third kappa shape index (κ3) is 2.88. The first-order chi connectivity index (χ1) is 11.1. The van der Waals surface area contributed by atoms with E-state index >= 15 is 0 Å². The molecule has 6 heteroatoms. The fourth-order valence-electron chi connectivity index (χ4n) is 2.56. The maximum atomic E-state index is 12.4. The molecule has 23 heavy (non-hydrogen) atoms. The number of fused-ring (bicyclic) bond motifs is 1. The lowest BCUT2D eigenvalue weighted by Gasteiger charge is -2.28. The first-order valence-electron chi connectivity index (χ1n) is 7.36. The molecule has 1 amide bonds. The number of hydrogen-bond acceptors (Lipinski definition) is 4. The fraction of sp³-hybridized carbons (Fsp3) is 0.235. The highest BCUT2D eigenvalue weighted by atomic mass is 16.5. The van der Waals surface area contributed by atoms with Crippen LogP contribution in [0.25, 0.3) is 0 Å². The van der Waals surface area contributed by atoms with E-state index in [-0.39, 0.29) is 30.4 Å². The van der Waals surface area contributed by atoms with Gasteiger partial charge in [-0.2, -0.15) is 0 Å². The highest BCUT2D eigenvalue weighted by Gasteiger charge is 2.25. The number of ether oxygens (including phenoxy) is 1. The van der Waals surface area contributed by atoms with E-state index in [0.717, 1.165) is 0 Å². The van der Waals surface area contributed by atoms with Crippen LogP contribution >= 0.6 is 0 Å². The van der Waals surface area contributed by atoms with E-state index in [2.05, 4.69) is 0 Å². The molecule has 118 valence electrons. The van der Waals surface area contributed by atoms with Crippen LogP contribution in [0.5, 0.6) is 5.75 Å². The van der Waals surface area contributed by atoms with Crippen molar-refractivity contribution in [2.45, 2.75) is 13.5 Å². The maximum absolute atomic E-state index is 12.4. The number of carbonyl (C=O) groups excluding carboxylic acids is 2. The lowest BCUT2D eigenvalue weighted by molar-refractivity contribution is -0.121. The van der Waals surface area contributed by atoms with E-state index in [4.69, 9.17) is 4.74 Å². The Balaban J connectivity index is 1.91. The van der Waals surface area contributed by atoms with Gasteiger partial charge >= 0.3 is 0 Å². The zero-order chi connectivity index (χ0) is 16.4. The van der Waals surface area contributed by atoms with Crippen LogP contribution in [0.3, 0.4) is 0 Å². The molecular weight excluding hydrogens is 296 g/mol. The van der Waals surface area contributed by atoms with E-state index < -0.39 is 0 Å². The van der Waals surface area contributed by atoms with Gasteiger partial charge in [-0.3, -0.25) is 14.4 Å². The van der Waals surface area contributed by atoms with Crippen molar-refractivity contribution in [1.82, 2.24) is 4.57 Å². The highest BCUT2D eigenvalue weighted by molar-refractivity contribution is 6.01. The molecule has 0 saturated carbocycles. The number of anilines is 1. The number of likely N-dealkylation sites (N-methyl/N-ethyl adjacent to an activating group) is 1. The Kier molecular flexibility index (Phi) is 3.97. The second kappa shape index (κ2) is 6.08. The van der Waals surface area contributed by atoms with Crippen molar-refractivity contribution in [1.29, 1.82) is 0 Å². The summed E-state index contributed by atoms with van der Waals surface area (Å²) >= 11 is 0. The zero-order valence-electron chi connectivity index (χ0n) is 12.7. The summed E-state index contributed by atoms with van der Waals surface area (Å²) in [6, 6.07) is 9.72. The molecule has 0 unspecified atom stereocenters. The SMILES string of the molecule is CCN1C(=O)COc2ccc(C(=O)Cn3ccccc3=O)cc21. The summed E-state index contributed by atoms with van der Waals surface area (Å²) in [6.07, 6.45) is 1.57. The molecule has 0 N–H and O–H groups in total. The van der Waals surface area contributed by atoms with Crippen molar-refractivity contribution in [3.05, 3.63) is 58.5 Å². The lowest BCUT2D eigenvalue weighted by atomic mass is 10.1. The first-order valence-corrected chi connectivity index (χ1v) is 7.36. The topological polar surface area (TPSA) is 68.6 Å². The third-order valence-electron chi connectivity index (χ3n) is 3.75. The molecule has 0 aliphatic carbocycles. The second-order valence-electron chi connectivity index (χ2n) is 5.20. The van der Waals surface area contributed by atoms with Crippen LogP contribution in [-0.4, -0.2) is 29.4 Å². The average Bonchev–Trinajstić information content (AvgIpc) is 2.56. The van der Waals surface area contributed by atoms with Crippen molar-refractivity contribution in [3.8, 4) is 5.75 Å². The molecule has 0 bridgehead atoms. The number of carbonyl (C=O) groups is 2. The largest absolute Gasteiger partial charge is 0.482 e. The van der Waals surface area contributed by atoms with Gasteiger partial charge in [0.25, 0.3) is 11.5 Å². The number of hydrogen-bond donors (Lipinski definition) is 0. The standard InChI is InChI=1S/C17H16N2O4/c1-2-19-13-9-12(6-7-15(13)23-11-17(19)22)14(20)10-18-8-4-3-5-16(18)21/h3-9H,2,10-11H2,1H3. The van der Waals surface area contributed by atoms with Crippen LogP contribution in [0.4, 0.5) is 5.69 Å². The minimum absolute atomic E-state index is 0.00748. The summed E-state index contributed by atoms with van der Waals surface area (Å²) in [5.41, 5.74) is 0.804. The van der Waals surface area contributed by atoms with Gasteiger partial charge in [0.2, 0.25) is 0 Å². The molecule has 2 aromatic rings. The summed E-state index contributed by atoms with van der Waals surface area (Å²) in [7, 11) is 0. The van der Waals surface area contributed by atoms with Crippen LogP contribution < -0.4 is 15.2 Å². The molecular formula is C17H16N2O4. The van der Waals surface area contributed by atoms with Gasteiger partial charge in [-0.15, -0.1) is 0 Å². The number of amides is 1. The molecule has 1 aromatic heterocycles. The Labute approximate surface area is 132 Å². The van der Waals surface area contributed by atoms with Gasteiger partial charge in [0.05, 0.1) is 12.2 Å². The summed E-state index contributed by atoms with van der Waals surface area (Å²) < 4.78 is 6.73. The van der Waals surface area contributed by atoms with Gasteiger partial charge in [-0.1, -0.05) is 6.07 Å².